The predicted molar refractivity (Wildman–Crippen MR) is 195 cm³/mol. The summed E-state index contributed by atoms with van der Waals surface area (Å²) in [5, 5.41) is 5.43. The lowest BCUT2D eigenvalue weighted by Crippen LogP contribution is -2.18. The van der Waals surface area contributed by atoms with E-state index in [1.807, 2.05) is 0 Å². The van der Waals surface area contributed by atoms with E-state index < -0.39 is 0 Å². The molecule has 9 rings (SSSR count). The molecule has 4 aliphatic carbocycles. The van der Waals surface area contributed by atoms with Gasteiger partial charge in [0, 0.05) is 11.3 Å². The van der Waals surface area contributed by atoms with Gasteiger partial charge in [0.2, 0.25) is 0 Å². The van der Waals surface area contributed by atoms with E-state index in [0.29, 0.717) is 17.8 Å². The second-order valence-corrected chi connectivity index (χ2v) is 13.7. The third kappa shape index (κ3) is 4.57. The van der Waals surface area contributed by atoms with Gasteiger partial charge in [0.1, 0.15) is 5.82 Å². The van der Waals surface area contributed by atoms with Gasteiger partial charge in [-0.3, -0.25) is 4.57 Å². The van der Waals surface area contributed by atoms with Crippen LogP contribution in [0.25, 0.3) is 55.6 Å². The molecule has 1 aromatic heterocycles. The Balaban J connectivity index is 1.20. The average molecular weight is 597 g/mol. The van der Waals surface area contributed by atoms with Crippen molar-refractivity contribution in [2.75, 3.05) is 0 Å². The van der Waals surface area contributed by atoms with Gasteiger partial charge < -0.3 is 0 Å². The third-order valence-electron chi connectivity index (χ3n) is 10.8. The molecule has 0 saturated carbocycles. The summed E-state index contributed by atoms with van der Waals surface area (Å²) in [7, 11) is 0. The summed E-state index contributed by atoms with van der Waals surface area (Å²) in [6.45, 7) is 2.30. The molecule has 2 heteroatoms. The van der Waals surface area contributed by atoms with Crippen LogP contribution in [-0.4, -0.2) is 9.55 Å². The van der Waals surface area contributed by atoms with Crippen molar-refractivity contribution in [3.05, 3.63) is 138 Å². The Kier molecular flexibility index (Phi) is 6.77. The summed E-state index contributed by atoms with van der Waals surface area (Å²) < 4.78 is 2.42. The number of hydrogen-bond acceptors (Lipinski definition) is 1. The van der Waals surface area contributed by atoms with Gasteiger partial charge in [0.15, 0.2) is 0 Å². The van der Waals surface area contributed by atoms with E-state index in [1.54, 1.807) is 0 Å². The molecule has 226 valence electrons. The molecule has 0 bridgehead atoms. The summed E-state index contributed by atoms with van der Waals surface area (Å²) in [5.41, 5.74) is 10.4. The number of nitrogens with zero attached hydrogens (tertiary/aromatic N) is 2. The monoisotopic (exact) mass is 596 g/mol. The Bertz CT molecular complexity index is 2090. The lowest BCUT2D eigenvalue weighted by atomic mass is 9.73. The molecule has 1 heterocycles. The molecule has 0 amide bonds. The van der Waals surface area contributed by atoms with Crippen molar-refractivity contribution in [3.8, 4) is 16.8 Å². The molecule has 3 unspecified atom stereocenters. The van der Waals surface area contributed by atoms with Crippen molar-refractivity contribution in [2.45, 2.75) is 51.9 Å². The Hall–Kier alpha value is -4.69. The van der Waals surface area contributed by atoms with Crippen molar-refractivity contribution < 1.29 is 0 Å². The number of benzene rings is 4. The van der Waals surface area contributed by atoms with Crippen LogP contribution in [0.5, 0.6) is 0 Å². The van der Waals surface area contributed by atoms with E-state index in [4.69, 9.17) is 4.98 Å². The number of fused-ring (bicyclic) bond motifs is 4. The fraction of sp³-hybridized carbons (Fsp3) is 0.250. The zero-order valence-electron chi connectivity index (χ0n) is 26.6. The van der Waals surface area contributed by atoms with E-state index in [-0.39, 0.29) is 0 Å². The lowest BCUT2D eigenvalue weighted by molar-refractivity contribution is 0.396. The standard InChI is InChI=1S/C44H40N2/c1-29-19-26-40-41(27-29)46(44(45-40)32-12-3-2-4-13-32)35-24-22-31(23-25-35)42-36-15-7-9-17-38(36)43(39-18-10-8-16-37(39)42)34-21-20-30-11-5-6-14-33(30)28-34/h3,5,7-13,15-19,22-26,28-30,33H,2,4,6,14,20-21,27H2,1H3. The molecule has 0 aliphatic heterocycles. The van der Waals surface area contributed by atoms with Gasteiger partial charge in [-0.2, -0.15) is 0 Å². The van der Waals surface area contributed by atoms with Crippen LogP contribution in [0.2, 0.25) is 0 Å². The number of hydrogen-bond donors (Lipinski definition) is 0. The first-order valence-corrected chi connectivity index (χ1v) is 17.3. The molecule has 5 aromatic rings. The van der Waals surface area contributed by atoms with Crippen LogP contribution in [0.4, 0.5) is 0 Å². The lowest BCUT2D eigenvalue weighted by Gasteiger charge is -2.32. The second kappa shape index (κ2) is 11.3. The zero-order chi connectivity index (χ0) is 30.6. The minimum Gasteiger partial charge on any atom is -0.296 e. The zero-order valence-corrected chi connectivity index (χ0v) is 26.6. The summed E-state index contributed by atoms with van der Waals surface area (Å²) in [6, 6.07) is 27.5. The Labute approximate surface area is 272 Å². The van der Waals surface area contributed by atoms with E-state index in [2.05, 4.69) is 133 Å². The Morgan fingerprint density at radius 3 is 2.15 bits per heavy atom. The maximum atomic E-state index is 5.17. The number of aromatic nitrogens is 2. The molecule has 0 fully saturated rings. The van der Waals surface area contributed by atoms with Crippen molar-refractivity contribution in [2.24, 2.45) is 17.8 Å². The van der Waals surface area contributed by atoms with Crippen LogP contribution >= 0.6 is 0 Å². The van der Waals surface area contributed by atoms with Gasteiger partial charge in [-0.25, -0.2) is 4.98 Å². The highest BCUT2D eigenvalue weighted by atomic mass is 15.1. The SMILES string of the molecule is CC1C=Cc2nc(C3=CCCC=C3)n(-c3ccc(-c4c5ccccc5c(C5=CC6CCC=CC6CC5)c5ccccc45)cc3)c2C1. The Morgan fingerprint density at radius 2 is 1.43 bits per heavy atom. The quantitative estimate of drug-likeness (QED) is 0.149. The topological polar surface area (TPSA) is 17.8 Å². The van der Waals surface area contributed by atoms with Crippen molar-refractivity contribution >= 4 is 38.8 Å². The van der Waals surface area contributed by atoms with E-state index >= 15 is 0 Å². The number of allylic oxidation sites excluding steroid dienone is 9. The summed E-state index contributed by atoms with van der Waals surface area (Å²) >= 11 is 0. The molecule has 0 N–H and O–H groups in total. The van der Waals surface area contributed by atoms with Crippen LogP contribution < -0.4 is 0 Å². The highest BCUT2D eigenvalue weighted by Gasteiger charge is 2.27. The van der Waals surface area contributed by atoms with Gasteiger partial charge >= 0.3 is 0 Å². The molecule has 4 aromatic carbocycles. The molecular weight excluding hydrogens is 556 g/mol. The molecule has 0 spiro atoms. The van der Waals surface area contributed by atoms with E-state index in [1.165, 1.54) is 80.0 Å². The van der Waals surface area contributed by atoms with Crippen molar-refractivity contribution in [1.82, 2.24) is 9.55 Å². The fourth-order valence-electron chi connectivity index (χ4n) is 8.55. The van der Waals surface area contributed by atoms with Gasteiger partial charge in [0.05, 0.1) is 11.4 Å². The smallest absolute Gasteiger partial charge is 0.145 e. The van der Waals surface area contributed by atoms with Crippen LogP contribution in [0.1, 0.15) is 68.2 Å². The van der Waals surface area contributed by atoms with E-state index in [0.717, 1.165) is 37.2 Å². The summed E-state index contributed by atoms with van der Waals surface area (Å²) in [6.07, 6.45) is 27.0. The van der Waals surface area contributed by atoms with Gasteiger partial charge in [-0.05, 0) is 125 Å². The third-order valence-corrected chi connectivity index (χ3v) is 10.8. The summed E-state index contributed by atoms with van der Waals surface area (Å²) in [5.74, 6) is 2.93. The fourth-order valence-corrected chi connectivity index (χ4v) is 8.55. The molecule has 46 heavy (non-hydrogen) atoms. The average Bonchev–Trinajstić information content (AvgIpc) is 3.49. The van der Waals surface area contributed by atoms with Crippen molar-refractivity contribution in [3.63, 3.8) is 0 Å². The van der Waals surface area contributed by atoms with Crippen molar-refractivity contribution in [1.29, 1.82) is 0 Å². The molecular formula is C44H40N2. The number of imidazole rings is 1. The Morgan fingerprint density at radius 1 is 0.696 bits per heavy atom. The first kappa shape index (κ1) is 27.6. The highest BCUT2D eigenvalue weighted by Crippen LogP contribution is 2.46. The van der Waals surface area contributed by atoms with Gasteiger partial charge in [-0.15, -0.1) is 0 Å². The first-order valence-electron chi connectivity index (χ1n) is 17.3. The molecule has 2 nitrogen and oxygen atoms in total. The largest absolute Gasteiger partial charge is 0.296 e. The minimum atomic E-state index is 0.502. The molecule has 4 aliphatic rings. The molecule has 0 radical (unpaired) electrons. The maximum Gasteiger partial charge on any atom is 0.145 e. The normalized spacial score (nSPS) is 22.1. The minimum absolute atomic E-state index is 0.502. The summed E-state index contributed by atoms with van der Waals surface area (Å²) in [4.78, 5) is 5.17. The van der Waals surface area contributed by atoms with Crippen LogP contribution in [0.3, 0.4) is 0 Å². The second-order valence-electron chi connectivity index (χ2n) is 13.7. The van der Waals surface area contributed by atoms with E-state index in [9.17, 15) is 0 Å². The molecule has 3 atom stereocenters. The first-order chi connectivity index (χ1) is 22.7. The van der Waals surface area contributed by atoms with Crippen LogP contribution in [0.15, 0.2) is 115 Å². The predicted octanol–water partition coefficient (Wildman–Crippen LogP) is 11.5. The van der Waals surface area contributed by atoms with Gasteiger partial charge in [0.25, 0.3) is 0 Å². The maximum absolute atomic E-state index is 5.17. The van der Waals surface area contributed by atoms with Crippen LogP contribution in [0, 0.1) is 17.8 Å². The number of rotatable bonds is 4. The van der Waals surface area contributed by atoms with Crippen LogP contribution in [-0.2, 0) is 6.42 Å². The van der Waals surface area contributed by atoms with Gasteiger partial charge in [-0.1, -0.05) is 110 Å². The highest BCUT2D eigenvalue weighted by molar-refractivity contribution is 6.18. The molecule has 0 saturated heterocycles.